The van der Waals surface area contributed by atoms with Crippen LogP contribution in [0.25, 0.3) is 11.0 Å². The van der Waals surface area contributed by atoms with Gasteiger partial charge in [0.05, 0.1) is 17.6 Å². The summed E-state index contributed by atoms with van der Waals surface area (Å²) in [6.07, 6.45) is 0.420. The molecule has 4 aromatic rings. The lowest BCUT2D eigenvalue weighted by Gasteiger charge is -2.17. The van der Waals surface area contributed by atoms with Crippen molar-refractivity contribution in [3.63, 3.8) is 0 Å². The van der Waals surface area contributed by atoms with Gasteiger partial charge in [-0.2, -0.15) is 0 Å². The zero-order valence-electron chi connectivity index (χ0n) is 18.6. The average molecular weight is 444 g/mol. The minimum atomic E-state index is -0.272. The number of nitrogens with zero attached hydrogens (tertiary/aromatic N) is 3. The third-order valence-corrected chi connectivity index (χ3v) is 6.16. The monoisotopic (exact) mass is 443 g/mol. The van der Waals surface area contributed by atoms with Crippen molar-refractivity contribution in [3.05, 3.63) is 95.6 Å². The average Bonchev–Trinajstić information content (AvgIpc) is 3.37. The van der Waals surface area contributed by atoms with E-state index in [2.05, 4.69) is 17.6 Å². The number of hydrogen-bond acceptors (Lipinski definition) is 3. The van der Waals surface area contributed by atoms with Gasteiger partial charge in [-0.25, -0.2) is 9.37 Å². The Bertz CT molecular complexity index is 1270. The van der Waals surface area contributed by atoms with Crippen LogP contribution in [0.4, 0.5) is 4.39 Å². The molecular formula is C27H26FN3O2. The Morgan fingerprint density at radius 1 is 1.03 bits per heavy atom. The van der Waals surface area contributed by atoms with Gasteiger partial charge in [0, 0.05) is 25.4 Å². The Morgan fingerprint density at radius 2 is 1.79 bits per heavy atom. The SMILES string of the molecule is Cc1ccc(OCCn2c(C3CC(=O)N(Cc4ccc(F)cc4)C3)nc3ccccc32)cc1. The molecule has 168 valence electrons. The van der Waals surface area contributed by atoms with Crippen molar-refractivity contribution in [2.45, 2.75) is 32.4 Å². The van der Waals surface area contributed by atoms with Crippen molar-refractivity contribution in [2.24, 2.45) is 0 Å². The molecule has 1 atom stereocenters. The summed E-state index contributed by atoms with van der Waals surface area (Å²) in [4.78, 5) is 19.5. The quantitative estimate of drug-likeness (QED) is 0.400. The van der Waals surface area contributed by atoms with Gasteiger partial charge in [0.15, 0.2) is 0 Å². The molecule has 1 aromatic heterocycles. The Balaban J connectivity index is 1.34. The van der Waals surface area contributed by atoms with Crippen molar-refractivity contribution in [2.75, 3.05) is 13.2 Å². The minimum absolute atomic E-state index is 0.00437. The molecule has 5 nitrogen and oxygen atoms in total. The Kier molecular flexibility index (Phi) is 5.82. The molecule has 33 heavy (non-hydrogen) atoms. The maximum Gasteiger partial charge on any atom is 0.223 e. The number of para-hydroxylation sites is 2. The van der Waals surface area contributed by atoms with Crippen LogP contribution in [0.15, 0.2) is 72.8 Å². The molecular weight excluding hydrogens is 417 g/mol. The van der Waals surface area contributed by atoms with Crippen LogP contribution in [0.1, 0.15) is 29.3 Å². The molecule has 1 aliphatic heterocycles. The highest BCUT2D eigenvalue weighted by molar-refractivity contribution is 5.81. The van der Waals surface area contributed by atoms with Gasteiger partial charge in [0.2, 0.25) is 5.91 Å². The van der Waals surface area contributed by atoms with Gasteiger partial charge in [0.25, 0.3) is 0 Å². The zero-order valence-corrected chi connectivity index (χ0v) is 18.6. The molecule has 1 unspecified atom stereocenters. The Morgan fingerprint density at radius 3 is 2.58 bits per heavy atom. The first kappa shape index (κ1) is 21.2. The van der Waals surface area contributed by atoms with Gasteiger partial charge >= 0.3 is 0 Å². The number of amides is 1. The highest BCUT2D eigenvalue weighted by atomic mass is 19.1. The first-order valence-electron chi connectivity index (χ1n) is 11.2. The third-order valence-electron chi connectivity index (χ3n) is 6.16. The van der Waals surface area contributed by atoms with E-state index >= 15 is 0 Å². The number of imidazole rings is 1. The minimum Gasteiger partial charge on any atom is -0.492 e. The van der Waals surface area contributed by atoms with Gasteiger partial charge in [-0.3, -0.25) is 4.79 Å². The molecule has 0 radical (unpaired) electrons. The normalized spacial score (nSPS) is 16.0. The summed E-state index contributed by atoms with van der Waals surface area (Å²) >= 11 is 0. The molecule has 0 N–H and O–H groups in total. The summed E-state index contributed by atoms with van der Waals surface area (Å²) in [6, 6.07) is 22.4. The number of ether oxygens (including phenoxy) is 1. The molecule has 6 heteroatoms. The molecule has 1 fully saturated rings. The van der Waals surface area contributed by atoms with Crippen LogP contribution in [-0.4, -0.2) is 33.5 Å². The molecule has 5 rings (SSSR count). The van der Waals surface area contributed by atoms with E-state index in [-0.39, 0.29) is 17.6 Å². The number of halogens is 1. The van der Waals surface area contributed by atoms with Crippen molar-refractivity contribution in [3.8, 4) is 5.75 Å². The highest BCUT2D eigenvalue weighted by Gasteiger charge is 2.34. The molecule has 0 spiro atoms. The fraction of sp³-hybridized carbons (Fsp3) is 0.259. The van der Waals surface area contributed by atoms with Crippen molar-refractivity contribution >= 4 is 16.9 Å². The lowest BCUT2D eigenvalue weighted by atomic mass is 10.1. The molecule has 3 aromatic carbocycles. The predicted molar refractivity (Wildman–Crippen MR) is 126 cm³/mol. The van der Waals surface area contributed by atoms with Gasteiger partial charge in [0.1, 0.15) is 24.0 Å². The van der Waals surface area contributed by atoms with Gasteiger partial charge < -0.3 is 14.2 Å². The summed E-state index contributed by atoms with van der Waals surface area (Å²) in [5.74, 6) is 1.58. The number of fused-ring (bicyclic) bond motifs is 1. The largest absolute Gasteiger partial charge is 0.492 e. The number of likely N-dealkylation sites (tertiary alicyclic amines) is 1. The van der Waals surface area contributed by atoms with E-state index < -0.39 is 0 Å². The van der Waals surface area contributed by atoms with Gasteiger partial charge in [-0.15, -0.1) is 0 Å². The number of rotatable bonds is 7. The molecule has 0 bridgehead atoms. The predicted octanol–water partition coefficient (Wildman–Crippen LogP) is 5.08. The maximum absolute atomic E-state index is 13.2. The van der Waals surface area contributed by atoms with Crippen molar-refractivity contribution in [1.82, 2.24) is 14.5 Å². The first-order valence-corrected chi connectivity index (χ1v) is 11.2. The van der Waals surface area contributed by atoms with E-state index in [9.17, 15) is 9.18 Å². The Labute approximate surface area is 192 Å². The molecule has 1 amide bonds. The lowest BCUT2D eigenvalue weighted by Crippen LogP contribution is -2.24. The van der Waals surface area contributed by atoms with Gasteiger partial charge in [-0.05, 0) is 48.9 Å². The van der Waals surface area contributed by atoms with Gasteiger partial charge in [-0.1, -0.05) is 42.0 Å². The second kappa shape index (κ2) is 9.06. The van der Waals surface area contributed by atoms with Crippen LogP contribution in [0.2, 0.25) is 0 Å². The van der Waals surface area contributed by atoms with E-state index in [0.717, 1.165) is 28.2 Å². The number of benzene rings is 3. The number of aryl methyl sites for hydroxylation is 1. The second-order valence-electron chi connectivity index (χ2n) is 8.57. The Hall–Kier alpha value is -3.67. The van der Waals surface area contributed by atoms with E-state index in [0.29, 0.717) is 32.7 Å². The first-order chi connectivity index (χ1) is 16.1. The van der Waals surface area contributed by atoms with Crippen LogP contribution in [0, 0.1) is 12.7 Å². The number of carbonyl (C=O) groups excluding carboxylic acids is 1. The van der Waals surface area contributed by atoms with Crippen LogP contribution in [0.3, 0.4) is 0 Å². The topological polar surface area (TPSA) is 47.4 Å². The number of carbonyl (C=O) groups is 1. The summed E-state index contributed by atoms with van der Waals surface area (Å²) in [5, 5.41) is 0. The lowest BCUT2D eigenvalue weighted by molar-refractivity contribution is -0.128. The zero-order chi connectivity index (χ0) is 22.8. The molecule has 0 aliphatic carbocycles. The van der Waals surface area contributed by atoms with E-state index in [4.69, 9.17) is 9.72 Å². The van der Waals surface area contributed by atoms with Crippen LogP contribution >= 0.6 is 0 Å². The summed E-state index contributed by atoms with van der Waals surface area (Å²) in [6.45, 7) is 4.28. The number of aromatic nitrogens is 2. The highest BCUT2D eigenvalue weighted by Crippen LogP contribution is 2.31. The molecule has 0 saturated carbocycles. The fourth-order valence-corrected chi connectivity index (χ4v) is 4.44. The van der Waals surface area contributed by atoms with Crippen LogP contribution in [0.5, 0.6) is 5.75 Å². The second-order valence-corrected chi connectivity index (χ2v) is 8.57. The van der Waals surface area contributed by atoms with Crippen molar-refractivity contribution in [1.29, 1.82) is 0 Å². The maximum atomic E-state index is 13.2. The van der Waals surface area contributed by atoms with E-state index in [1.54, 1.807) is 12.1 Å². The summed E-state index contributed by atoms with van der Waals surface area (Å²) in [5.41, 5.74) is 4.09. The molecule has 1 saturated heterocycles. The summed E-state index contributed by atoms with van der Waals surface area (Å²) < 4.78 is 21.4. The van der Waals surface area contributed by atoms with Crippen molar-refractivity contribution < 1.29 is 13.9 Å². The third kappa shape index (κ3) is 4.60. The summed E-state index contributed by atoms with van der Waals surface area (Å²) in [7, 11) is 0. The molecule has 2 heterocycles. The van der Waals surface area contributed by atoms with Crippen LogP contribution < -0.4 is 4.74 Å². The standard InChI is InChI=1S/C27H26FN3O2/c1-19-6-12-23(13-7-19)33-15-14-31-25-5-3-2-4-24(25)29-27(31)21-16-26(32)30(18-21)17-20-8-10-22(28)11-9-20/h2-13,21H,14-18H2,1H3. The smallest absolute Gasteiger partial charge is 0.223 e. The number of hydrogen-bond donors (Lipinski definition) is 0. The molecule has 1 aliphatic rings. The van der Waals surface area contributed by atoms with E-state index in [1.165, 1.54) is 17.7 Å². The van der Waals surface area contributed by atoms with E-state index in [1.807, 2.05) is 47.4 Å². The van der Waals surface area contributed by atoms with Crippen LogP contribution in [-0.2, 0) is 17.9 Å². The fourth-order valence-electron chi connectivity index (χ4n) is 4.44.